The summed E-state index contributed by atoms with van der Waals surface area (Å²) in [6, 6.07) is -3.54. The topological polar surface area (TPSA) is 222 Å². The van der Waals surface area contributed by atoms with Gasteiger partial charge in [0, 0.05) is 24.7 Å². The molecule has 1 aromatic rings. The Bertz CT molecular complexity index is 780. The fraction of sp³-hybridized carbons (Fsp3) is 0.556. The molecule has 3 unspecified atom stereocenters. The van der Waals surface area contributed by atoms with Crippen LogP contribution in [0.25, 0.3) is 0 Å². The first-order chi connectivity index (χ1) is 14.5. The number of aliphatic carboxylic acids is 1. The van der Waals surface area contributed by atoms with Crippen LogP contribution in [0.5, 0.6) is 0 Å². The smallest absolute Gasteiger partial charge is 0.326 e. The Kier molecular flexibility index (Phi) is 10.1. The molecule has 172 valence electrons. The number of carboxylic acids is 1. The molecule has 0 aliphatic heterocycles. The molecule has 1 rings (SSSR count). The minimum Gasteiger partial charge on any atom is -0.480 e. The van der Waals surface area contributed by atoms with E-state index < -0.39 is 47.7 Å². The van der Waals surface area contributed by atoms with Crippen LogP contribution >= 0.6 is 0 Å². The van der Waals surface area contributed by atoms with Gasteiger partial charge in [0.2, 0.25) is 23.6 Å². The minimum atomic E-state index is -1.31. The van der Waals surface area contributed by atoms with Gasteiger partial charge in [0.25, 0.3) is 0 Å². The molecule has 1 aromatic heterocycles. The number of hydrogen-bond donors (Lipinski definition) is 7. The van der Waals surface area contributed by atoms with E-state index in [4.69, 9.17) is 11.5 Å². The Morgan fingerprint density at radius 1 is 1.10 bits per heavy atom. The number of primary amides is 1. The molecule has 0 radical (unpaired) electrons. The number of imidazole rings is 1. The van der Waals surface area contributed by atoms with Crippen molar-refractivity contribution < 1.29 is 29.1 Å². The number of rotatable bonds is 13. The van der Waals surface area contributed by atoms with Crippen molar-refractivity contribution in [2.45, 2.75) is 51.2 Å². The highest BCUT2D eigenvalue weighted by molar-refractivity contribution is 5.94. The number of H-pyrrole nitrogens is 1. The Labute approximate surface area is 178 Å². The Morgan fingerprint density at radius 3 is 2.23 bits per heavy atom. The average molecular weight is 439 g/mol. The number of carbonyl (C=O) groups excluding carboxylic acids is 4. The third kappa shape index (κ3) is 8.82. The summed E-state index contributed by atoms with van der Waals surface area (Å²) in [6.07, 6.45) is 2.34. The van der Waals surface area contributed by atoms with Gasteiger partial charge in [-0.2, -0.15) is 0 Å². The fourth-order valence-corrected chi connectivity index (χ4v) is 2.67. The Hall–Kier alpha value is -3.48. The first-order valence-corrected chi connectivity index (χ1v) is 9.63. The number of carbonyl (C=O) groups is 5. The molecule has 0 aromatic carbocycles. The molecular formula is C18H29N7O6. The van der Waals surface area contributed by atoms with Crippen LogP contribution in [0.4, 0.5) is 0 Å². The van der Waals surface area contributed by atoms with E-state index in [-0.39, 0.29) is 31.7 Å². The van der Waals surface area contributed by atoms with Crippen LogP contribution in [0.2, 0.25) is 0 Å². The summed E-state index contributed by atoms with van der Waals surface area (Å²) in [5.74, 6) is -4.37. The molecule has 0 bridgehead atoms. The lowest BCUT2D eigenvalue weighted by atomic mass is 10.0. The molecule has 13 heteroatoms. The Morgan fingerprint density at radius 2 is 1.74 bits per heavy atom. The lowest BCUT2D eigenvalue weighted by Crippen LogP contribution is -2.57. The zero-order valence-corrected chi connectivity index (χ0v) is 17.4. The predicted molar refractivity (Wildman–Crippen MR) is 108 cm³/mol. The maximum absolute atomic E-state index is 12.7. The molecule has 0 spiro atoms. The zero-order chi connectivity index (χ0) is 23.6. The summed E-state index contributed by atoms with van der Waals surface area (Å²) in [5, 5.41) is 16.7. The number of amides is 4. The van der Waals surface area contributed by atoms with Gasteiger partial charge < -0.3 is 37.5 Å². The van der Waals surface area contributed by atoms with E-state index in [1.54, 1.807) is 13.8 Å². The molecule has 0 saturated heterocycles. The van der Waals surface area contributed by atoms with Crippen LogP contribution in [0, 0.1) is 5.92 Å². The van der Waals surface area contributed by atoms with Gasteiger partial charge in [-0.3, -0.25) is 19.2 Å². The van der Waals surface area contributed by atoms with E-state index in [2.05, 4.69) is 25.9 Å². The summed E-state index contributed by atoms with van der Waals surface area (Å²) in [4.78, 5) is 66.3. The molecule has 0 fully saturated rings. The molecule has 0 saturated carbocycles. The van der Waals surface area contributed by atoms with Gasteiger partial charge in [-0.25, -0.2) is 9.78 Å². The van der Waals surface area contributed by atoms with Gasteiger partial charge >= 0.3 is 5.97 Å². The third-order valence-electron chi connectivity index (χ3n) is 4.36. The molecule has 0 aliphatic carbocycles. The highest BCUT2D eigenvalue weighted by Gasteiger charge is 2.31. The van der Waals surface area contributed by atoms with E-state index in [1.165, 1.54) is 12.5 Å². The van der Waals surface area contributed by atoms with Gasteiger partial charge in [-0.05, 0) is 12.3 Å². The van der Waals surface area contributed by atoms with Crippen LogP contribution in [-0.4, -0.2) is 69.3 Å². The largest absolute Gasteiger partial charge is 0.480 e. The number of carboxylic acid groups (broad SMARTS) is 1. The number of aromatic nitrogens is 2. The number of nitrogens with one attached hydrogen (secondary N) is 4. The van der Waals surface area contributed by atoms with E-state index >= 15 is 0 Å². The van der Waals surface area contributed by atoms with Crippen molar-refractivity contribution in [2.24, 2.45) is 17.4 Å². The maximum atomic E-state index is 12.7. The molecule has 31 heavy (non-hydrogen) atoms. The van der Waals surface area contributed by atoms with Crippen LogP contribution < -0.4 is 27.4 Å². The van der Waals surface area contributed by atoms with Crippen LogP contribution in [0.3, 0.4) is 0 Å². The molecule has 9 N–H and O–H groups in total. The predicted octanol–water partition coefficient (Wildman–Crippen LogP) is -2.63. The third-order valence-corrected chi connectivity index (χ3v) is 4.36. The molecule has 0 aliphatic rings. The number of nitrogens with zero attached hydrogens (tertiary/aromatic N) is 1. The van der Waals surface area contributed by atoms with Crippen LogP contribution in [-0.2, 0) is 30.4 Å². The normalized spacial score (nSPS) is 13.7. The van der Waals surface area contributed by atoms with Crippen LogP contribution in [0.1, 0.15) is 32.4 Å². The summed E-state index contributed by atoms with van der Waals surface area (Å²) >= 11 is 0. The second kappa shape index (κ2) is 12.3. The van der Waals surface area contributed by atoms with Gasteiger partial charge in [0.05, 0.1) is 12.9 Å². The van der Waals surface area contributed by atoms with Crippen molar-refractivity contribution >= 4 is 29.6 Å². The molecular weight excluding hydrogens is 410 g/mol. The number of nitrogens with two attached hydrogens (primary N) is 2. The van der Waals surface area contributed by atoms with E-state index in [0.717, 1.165) is 0 Å². The van der Waals surface area contributed by atoms with E-state index in [1.807, 2.05) is 0 Å². The van der Waals surface area contributed by atoms with Gasteiger partial charge in [-0.15, -0.1) is 0 Å². The van der Waals surface area contributed by atoms with Crippen molar-refractivity contribution in [1.29, 1.82) is 0 Å². The first kappa shape index (κ1) is 25.6. The fourth-order valence-electron chi connectivity index (χ4n) is 2.67. The van der Waals surface area contributed by atoms with E-state index in [9.17, 15) is 29.1 Å². The highest BCUT2D eigenvalue weighted by Crippen LogP contribution is 2.06. The summed E-state index contributed by atoms with van der Waals surface area (Å²) in [5.41, 5.74) is 10.9. The molecule has 13 nitrogen and oxygen atoms in total. The average Bonchev–Trinajstić information content (AvgIpc) is 3.20. The quantitative estimate of drug-likeness (QED) is 0.172. The van der Waals surface area contributed by atoms with E-state index in [0.29, 0.717) is 5.69 Å². The SMILES string of the molecule is CC(C)C(NC(=O)CN)C(=O)NC(CCC(N)=O)C(=O)NC(Cc1cnc[nH]1)C(=O)O. The van der Waals surface area contributed by atoms with Crippen molar-refractivity contribution in [3.8, 4) is 0 Å². The van der Waals surface area contributed by atoms with Crippen molar-refractivity contribution in [3.63, 3.8) is 0 Å². The van der Waals surface area contributed by atoms with Crippen molar-refractivity contribution in [1.82, 2.24) is 25.9 Å². The van der Waals surface area contributed by atoms with Crippen molar-refractivity contribution in [3.05, 3.63) is 18.2 Å². The maximum Gasteiger partial charge on any atom is 0.326 e. The Balaban J connectivity index is 2.95. The summed E-state index contributed by atoms with van der Waals surface area (Å²) in [6.45, 7) is 3.05. The van der Waals surface area contributed by atoms with Crippen molar-refractivity contribution in [2.75, 3.05) is 6.54 Å². The zero-order valence-electron chi connectivity index (χ0n) is 17.4. The second-order valence-corrected chi connectivity index (χ2v) is 7.24. The monoisotopic (exact) mass is 439 g/mol. The standard InChI is InChI=1S/C18H29N7O6/c1-9(2)15(25-14(27)6-19)17(29)23-11(3-4-13(20)26)16(28)24-12(18(30)31)5-10-7-21-8-22-10/h7-9,11-12,15H,3-6,19H2,1-2H3,(H2,20,26)(H,21,22)(H,23,29)(H,24,28)(H,25,27)(H,30,31). The lowest BCUT2D eigenvalue weighted by molar-refractivity contribution is -0.142. The van der Waals surface area contributed by atoms with Gasteiger partial charge in [0.15, 0.2) is 0 Å². The number of aromatic amines is 1. The molecule has 4 amide bonds. The molecule has 3 atom stereocenters. The minimum absolute atomic E-state index is 0.0707. The molecule has 1 heterocycles. The first-order valence-electron chi connectivity index (χ1n) is 9.63. The van der Waals surface area contributed by atoms with Gasteiger partial charge in [-0.1, -0.05) is 13.8 Å². The second-order valence-electron chi connectivity index (χ2n) is 7.24. The van der Waals surface area contributed by atoms with Crippen LogP contribution in [0.15, 0.2) is 12.5 Å². The highest BCUT2D eigenvalue weighted by atomic mass is 16.4. The summed E-state index contributed by atoms with van der Waals surface area (Å²) < 4.78 is 0. The van der Waals surface area contributed by atoms with Gasteiger partial charge in [0.1, 0.15) is 18.1 Å². The summed E-state index contributed by atoms with van der Waals surface area (Å²) in [7, 11) is 0. The lowest BCUT2D eigenvalue weighted by Gasteiger charge is -2.26. The number of hydrogen-bond acceptors (Lipinski definition) is 7.